The third kappa shape index (κ3) is 4.95. The third-order valence-electron chi connectivity index (χ3n) is 2.73. The molecular formula is C16H20O5. The Bertz CT molecular complexity index is 558. The molecule has 0 aliphatic carbocycles. The van der Waals surface area contributed by atoms with Gasteiger partial charge in [-0.1, -0.05) is 11.6 Å². The molecule has 0 atom stereocenters. The van der Waals surface area contributed by atoms with Crippen LogP contribution >= 0.6 is 0 Å². The summed E-state index contributed by atoms with van der Waals surface area (Å²) in [4.78, 5) is 22.5. The van der Waals surface area contributed by atoms with Crippen LogP contribution in [0.2, 0.25) is 0 Å². The second kappa shape index (κ2) is 6.92. The number of hydrogen-bond acceptors (Lipinski definition) is 4. The molecule has 0 unspecified atom stereocenters. The Kier molecular flexibility index (Phi) is 5.52. The van der Waals surface area contributed by atoms with Crippen molar-refractivity contribution in [1.29, 1.82) is 0 Å². The molecule has 0 spiro atoms. The fourth-order valence-corrected chi connectivity index (χ4v) is 1.56. The van der Waals surface area contributed by atoms with Gasteiger partial charge in [0.2, 0.25) is 0 Å². The zero-order valence-corrected chi connectivity index (χ0v) is 12.7. The predicted molar refractivity (Wildman–Crippen MR) is 79.2 cm³/mol. The molecule has 5 nitrogen and oxygen atoms in total. The maximum atomic E-state index is 11.4. The average molecular weight is 292 g/mol. The minimum absolute atomic E-state index is 0.298. The van der Waals surface area contributed by atoms with Gasteiger partial charge in [-0.15, -0.1) is 0 Å². The summed E-state index contributed by atoms with van der Waals surface area (Å²) < 4.78 is 10.4. The van der Waals surface area contributed by atoms with Gasteiger partial charge in [-0.2, -0.15) is 0 Å². The molecule has 114 valence electrons. The monoisotopic (exact) mass is 292 g/mol. The van der Waals surface area contributed by atoms with Gasteiger partial charge in [-0.25, -0.2) is 9.59 Å². The van der Waals surface area contributed by atoms with Crippen LogP contribution in [0.15, 0.2) is 24.3 Å². The number of aliphatic carboxylic acids is 1. The normalized spacial score (nSPS) is 11.4. The maximum absolute atomic E-state index is 11.4. The standard InChI is InChI=1S/C16H20O5/c1-5-20-14(17)9-7-12-10-11(2)6-8-13(12)21-16(3,4)15(18)19/h6-10H,5H2,1-4H3,(H,18,19)/b9-7+. The highest BCUT2D eigenvalue weighted by molar-refractivity contribution is 5.87. The summed E-state index contributed by atoms with van der Waals surface area (Å²) in [6.07, 6.45) is 2.84. The van der Waals surface area contributed by atoms with Gasteiger partial charge in [0.15, 0.2) is 5.60 Å². The summed E-state index contributed by atoms with van der Waals surface area (Å²) in [5, 5.41) is 9.12. The lowest BCUT2D eigenvalue weighted by Crippen LogP contribution is -2.38. The van der Waals surface area contributed by atoms with Crippen LogP contribution < -0.4 is 4.74 Å². The molecule has 0 aliphatic heterocycles. The molecule has 0 fully saturated rings. The average Bonchev–Trinajstić information content (AvgIpc) is 2.39. The largest absolute Gasteiger partial charge is 0.478 e. The summed E-state index contributed by atoms with van der Waals surface area (Å²) in [5.41, 5.74) is 0.235. The smallest absolute Gasteiger partial charge is 0.347 e. The number of esters is 1. The Balaban J connectivity index is 3.05. The van der Waals surface area contributed by atoms with E-state index in [0.29, 0.717) is 17.9 Å². The summed E-state index contributed by atoms with van der Waals surface area (Å²) in [5.74, 6) is -1.13. The molecule has 0 amide bonds. The van der Waals surface area contributed by atoms with E-state index in [-0.39, 0.29) is 0 Å². The molecule has 5 heteroatoms. The molecule has 1 aromatic carbocycles. The van der Waals surface area contributed by atoms with E-state index in [1.807, 2.05) is 19.1 Å². The SMILES string of the molecule is CCOC(=O)/C=C/c1cc(C)ccc1OC(C)(C)C(=O)O. The number of benzene rings is 1. The van der Waals surface area contributed by atoms with Crippen molar-refractivity contribution in [2.45, 2.75) is 33.3 Å². The number of ether oxygens (including phenoxy) is 2. The van der Waals surface area contributed by atoms with Crippen molar-refractivity contribution in [3.05, 3.63) is 35.4 Å². The van der Waals surface area contributed by atoms with Crippen molar-refractivity contribution in [3.8, 4) is 5.75 Å². The Morgan fingerprint density at radius 1 is 1.33 bits per heavy atom. The van der Waals surface area contributed by atoms with E-state index >= 15 is 0 Å². The number of rotatable bonds is 6. The number of carboxylic acid groups (broad SMARTS) is 1. The zero-order chi connectivity index (χ0) is 16.0. The Labute approximate surface area is 124 Å². The molecule has 0 aromatic heterocycles. The molecule has 1 N–H and O–H groups in total. The van der Waals surface area contributed by atoms with E-state index in [1.54, 1.807) is 19.1 Å². The summed E-state index contributed by atoms with van der Waals surface area (Å²) in [6, 6.07) is 5.31. The second-order valence-electron chi connectivity index (χ2n) is 5.04. The van der Waals surface area contributed by atoms with Crippen LogP contribution in [0.1, 0.15) is 31.9 Å². The summed E-state index contributed by atoms with van der Waals surface area (Å²) in [7, 11) is 0. The van der Waals surface area contributed by atoms with Gasteiger partial charge in [0, 0.05) is 11.6 Å². The van der Waals surface area contributed by atoms with E-state index < -0.39 is 17.5 Å². The van der Waals surface area contributed by atoms with Crippen LogP contribution in [0.25, 0.3) is 6.08 Å². The molecule has 1 aromatic rings. The molecule has 0 saturated heterocycles. The van der Waals surface area contributed by atoms with Crippen LogP contribution in [-0.4, -0.2) is 29.3 Å². The van der Waals surface area contributed by atoms with Crippen LogP contribution in [0.4, 0.5) is 0 Å². The Morgan fingerprint density at radius 2 is 2.00 bits per heavy atom. The second-order valence-corrected chi connectivity index (χ2v) is 5.04. The van der Waals surface area contributed by atoms with Crippen LogP contribution in [-0.2, 0) is 14.3 Å². The third-order valence-corrected chi connectivity index (χ3v) is 2.73. The quantitative estimate of drug-likeness (QED) is 0.644. The minimum Gasteiger partial charge on any atom is -0.478 e. The van der Waals surface area contributed by atoms with Gasteiger partial charge in [-0.3, -0.25) is 0 Å². The molecule has 0 saturated carbocycles. The van der Waals surface area contributed by atoms with E-state index in [1.165, 1.54) is 19.9 Å². The first-order valence-corrected chi connectivity index (χ1v) is 6.64. The molecular weight excluding hydrogens is 272 g/mol. The number of hydrogen-bond donors (Lipinski definition) is 1. The fraction of sp³-hybridized carbons (Fsp3) is 0.375. The topological polar surface area (TPSA) is 72.8 Å². The first kappa shape index (κ1) is 16.8. The summed E-state index contributed by atoms with van der Waals surface area (Å²) >= 11 is 0. The first-order valence-electron chi connectivity index (χ1n) is 6.64. The van der Waals surface area contributed by atoms with Crippen LogP contribution in [0.5, 0.6) is 5.75 Å². The molecule has 0 radical (unpaired) electrons. The zero-order valence-electron chi connectivity index (χ0n) is 12.7. The molecule has 1 rings (SSSR count). The summed E-state index contributed by atoms with van der Waals surface area (Å²) in [6.45, 7) is 6.85. The number of aryl methyl sites for hydroxylation is 1. The van der Waals surface area contributed by atoms with Gasteiger partial charge >= 0.3 is 11.9 Å². The van der Waals surface area contributed by atoms with Crippen LogP contribution in [0.3, 0.4) is 0 Å². The van der Waals surface area contributed by atoms with Gasteiger partial charge in [-0.05, 0) is 45.9 Å². The minimum atomic E-state index is -1.36. The van der Waals surface area contributed by atoms with E-state index in [0.717, 1.165) is 5.56 Å². The number of carbonyl (C=O) groups excluding carboxylic acids is 1. The Hall–Kier alpha value is -2.30. The van der Waals surface area contributed by atoms with Crippen molar-refractivity contribution < 1.29 is 24.2 Å². The van der Waals surface area contributed by atoms with Gasteiger partial charge in [0.25, 0.3) is 0 Å². The highest BCUT2D eigenvalue weighted by Gasteiger charge is 2.30. The highest BCUT2D eigenvalue weighted by atomic mass is 16.5. The number of carboxylic acids is 1. The van der Waals surface area contributed by atoms with Crippen LogP contribution in [0, 0.1) is 6.92 Å². The molecule has 21 heavy (non-hydrogen) atoms. The lowest BCUT2D eigenvalue weighted by molar-refractivity contribution is -0.152. The predicted octanol–water partition coefficient (Wildman–Crippen LogP) is 2.81. The van der Waals surface area contributed by atoms with Crippen molar-refractivity contribution in [2.75, 3.05) is 6.61 Å². The lowest BCUT2D eigenvalue weighted by Gasteiger charge is -2.23. The first-order chi connectivity index (χ1) is 9.76. The number of carbonyl (C=O) groups is 2. The molecule has 0 bridgehead atoms. The fourth-order valence-electron chi connectivity index (χ4n) is 1.56. The molecule has 0 aliphatic rings. The van der Waals surface area contributed by atoms with Gasteiger partial charge in [0.05, 0.1) is 6.61 Å². The van der Waals surface area contributed by atoms with Gasteiger partial charge < -0.3 is 14.6 Å². The lowest BCUT2D eigenvalue weighted by atomic mass is 10.1. The van der Waals surface area contributed by atoms with Crippen molar-refractivity contribution in [1.82, 2.24) is 0 Å². The van der Waals surface area contributed by atoms with E-state index in [2.05, 4.69) is 0 Å². The van der Waals surface area contributed by atoms with E-state index in [4.69, 9.17) is 14.6 Å². The van der Waals surface area contributed by atoms with Gasteiger partial charge in [0.1, 0.15) is 5.75 Å². The Morgan fingerprint density at radius 3 is 2.57 bits per heavy atom. The van der Waals surface area contributed by atoms with Crippen molar-refractivity contribution in [3.63, 3.8) is 0 Å². The highest BCUT2D eigenvalue weighted by Crippen LogP contribution is 2.26. The van der Waals surface area contributed by atoms with E-state index in [9.17, 15) is 9.59 Å². The maximum Gasteiger partial charge on any atom is 0.347 e. The van der Waals surface area contributed by atoms with Crippen molar-refractivity contribution >= 4 is 18.0 Å². The van der Waals surface area contributed by atoms with Crippen molar-refractivity contribution in [2.24, 2.45) is 0 Å². The molecule has 0 heterocycles.